The first-order valence-corrected chi connectivity index (χ1v) is 8.91. The topological polar surface area (TPSA) is 98.2 Å². The minimum atomic E-state index is -0.511. The number of aliphatic imine (C=N–C) groups is 1. The molecule has 0 radical (unpaired) electrons. The third-order valence-electron chi connectivity index (χ3n) is 3.56. The molecule has 2 atom stereocenters. The maximum absolute atomic E-state index is 12.3. The SMILES string of the molecule is COCC(C)N=C1NC(=O)C(CC(=O)Nc2ccc(OC)c(OC)c2)S1. The summed E-state index contributed by atoms with van der Waals surface area (Å²) in [5, 5.41) is 5.47. The summed E-state index contributed by atoms with van der Waals surface area (Å²) >= 11 is 1.25. The molecule has 8 nitrogen and oxygen atoms in total. The molecule has 0 bridgehead atoms. The highest BCUT2D eigenvalue weighted by molar-refractivity contribution is 8.15. The molecular weight excluding hydrogens is 358 g/mol. The van der Waals surface area contributed by atoms with Crippen molar-refractivity contribution in [3.8, 4) is 11.5 Å². The maximum atomic E-state index is 12.3. The summed E-state index contributed by atoms with van der Waals surface area (Å²) in [6.45, 7) is 2.35. The standard InChI is InChI=1S/C17H23N3O5S/c1-10(9-23-2)18-17-20-16(22)14(26-17)8-15(21)19-11-5-6-12(24-3)13(7-11)25-4/h5-7,10,14H,8-9H2,1-4H3,(H,19,21)(H,18,20,22). The van der Waals surface area contributed by atoms with E-state index in [1.165, 1.54) is 18.9 Å². The van der Waals surface area contributed by atoms with E-state index in [0.29, 0.717) is 29.0 Å². The molecule has 9 heteroatoms. The van der Waals surface area contributed by atoms with Gasteiger partial charge in [-0.3, -0.25) is 14.6 Å². The first-order chi connectivity index (χ1) is 12.5. The lowest BCUT2D eigenvalue weighted by atomic mass is 10.2. The number of rotatable bonds is 8. The maximum Gasteiger partial charge on any atom is 0.240 e. The van der Waals surface area contributed by atoms with E-state index in [1.807, 2.05) is 6.92 Å². The molecule has 2 unspecified atom stereocenters. The van der Waals surface area contributed by atoms with Gasteiger partial charge in [-0.1, -0.05) is 11.8 Å². The third-order valence-corrected chi connectivity index (χ3v) is 4.66. The molecule has 142 valence electrons. The molecule has 1 aromatic carbocycles. The van der Waals surface area contributed by atoms with Crippen LogP contribution < -0.4 is 20.1 Å². The largest absolute Gasteiger partial charge is 0.493 e. The number of methoxy groups -OCH3 is 3. The van der Waals surface area contributed by atoms with E-state index in [1.54, 1.807) is 32.4 Å². The molecule has 0 aromatic heterocycles. The summed E-state index contributed by atoms with van der Waals surface area (Å²) in [6.07, 6.45) is 0.0442. The monoisotopic (exact) mass is 381 g/mol. The van der Waals surface area contributed by atoms with Crippen LogP contribution in [0.4, 0.5) is 5.69 Å². The van der Waals surface area contributed by atoms with Crippen LogP contribution in [0.5, 0.6) is 11.5 Å². The summed E-state index contributed by atoms with van der Waals surface area (Å²) in [7, 11) is 4.66. The summed E-state index contributed by atoms with van der Waals surface area (Å²) in [5.41, 5.74) is 0.568. The molecule has 1 aromatic rings. The zero-order valence-electron chi connectivity index (χ0n) is 15.2. The fraction of sp³-hybridized carbons (Fsp3) is 0.471. The summed E-state index contributed by atoms with van der Waals surface area (Å²) in [4.78, 5) is 28.7. The van der Waals surface area contributed by atoms with Crippen LogP contribution in [-0.4, -0.2) is 56.2 Å². The average Bonchev–Trinajstić information content (AvgIpc) is 2.93. The Balaban J connectivity index is 1.94. The van der Waals surface area contributed by atoms with Gasteiger partial charge in [0.05, 0.1) is 26.9 Å². The van der Waals surface area contributed by atoms with Gasteiger partial charge in [-0.05, 0) is 19.1 Å². The number of anilines is 1. The first-order valence-electron chi connectivity index (χ1n) is 8.03. The fourth-order valence-electron chi connectivity index (χ4n) is 2.37. The second-order valence-corrected chi connectivity index (χ2v) is 6.85. The summed E-state index contributed by atoms with van der Waals surface area (Å²) in [6, 6.07) is 5.01. The molecule has 0 aliphatic carbocycles. The van der Waals surface area contributed by atoms with Crippen LogP contribution in [0.2, 0.25) is 0 Å². The van der Waals surface area contributed by atoms with E-state index in [4.69, 9.17) is 14.2 Å². The van der Waals surface area contributed by atoms with E-state index in [9.17, 15) is 9.59 Å². The van der Waals surface area contributed by atoms with Crippen LogP contribution in [0.15, 0.2) is 23.2 Å². The lowest BCUT2D eigenvalue weighted by Crippen LogP contribution is -2.28. The Labute approximate surface area is 156 Å². The molecule has 0 saturated carbocycles. The van der Waals surface area contributed by atoms with Crippen LogP contribution in [0.25, 0.3) is 0 Å². The molecule has 1 saturated heterocycles. The van der Waals surface area contributed by atoms with Crippen molar-refractivity contribution in [2.75, 3.05) is 33.3 Å². The van der Waals surface area contributed by atoms with Gasteiger partial charge in [0, 0.05) is 25.3 Å². The van der Waals surface area contributed by atoms with Crippen molar-refractivity contribution in [1.29, 1.82) is 0 Å². The Morgan fingerprint density at radius 2 is 2.04 bits per heavy atom. The van der Waals surface area contributed by atoms with Crippen molar-refractivity contribution in [2.45, 2.75) is 24.6 Å². The predicted octanol–water partition coefficient (Wildman–Crippen LogP) is 1.65. The highest BCUT2D eigenvalue weighted by Gasteiger charge is 2.32. The van der Waals surface area contributed by atoms with Crippen molar-refractivity contribution >= 4 is 34.4 Å². The van der Waals surface area contributed by atoms with Crippen molar-refractivity contribution in [3.63, 3.8) is 0 Å². The van der Waals surface area contributed by atoms with E-state index in [2.05, 4.69) is 15.6 Å². The van der Waals surface area contributed by atoms with Gasteiger partial charge in [0.1, 0.15) is 5.25 Å². The molecule has 0 spiro atoms. The van der Waals surface area contributed by atoms with Gasteiger partial charge in [0.2, 0.25) is 11.8 Å². The van der Waals surface area contributed by atoms with Crippen LogP contribution in [-0.2, 0) is 14.3 Å². The number of carbonyl (C=O) groups is 2. The van der Waals surface area contributed by atoms with Gasteiger partial charge < -0.3 is 24.8 Å². The zero-order valence-corrected chi connectivity index (χ0v) is 16.0. The fourth-order valence-corrected chi connectivity index (χ4v) is 3.44. The Morgan fingerprint density at radius 3 is 2.69 bits per heavy atom. The molecule has 1 aliphatic rings. The first kappa shape index (κ1) is 20.1. The van der Waals surface area contributed by atoms with Gasteiger partial charge in [-0.2, -0.15) is 0 Å². The normalized spacial score (nSPS) is 19.2. The van der Waals surface area contributed by atoms with Gasteiger partial charge in [0.15, 0.2) is 16.7 Å². The predicted molar refractivity (Wildman–Crippen MR) is 101 cm³/mol. The number of hydrogen-bond donors (Lipinski definition) is 2. The average molecular weight is 381 g/mol. The van der Waals surface area contributed by atoms with Crippen LogP contribution in [0.3, 0.4) is 0 Å². The second-order valence-electron chi connectivity index (χ2n) is 5.66. The minimum absolute atomic E-state index is 0.0442. The number of benzene rings is 1. The Kier molecular flexibility index (Phi) is 7.28. The van der Waals surface area contributed by atoms with Gasteiger partial charge in [0.25, 0.3) is 0 Å². The lowest BCUT2D eigenvalue weighted by molar-refractivity contribution is -0.122. The number of amides is 2. The van der Waals surface area contributed by atoms with Crippen molar-refractivity contribution in [1.82, 2.24) is 5.32 Å². The zero-order chi connectivity index (χ0) is 19.1. The van der Waals surface area contributed by atoms with Crippen molar-refractivity contribution in [2.24, 2.45) is 4.99 Å². The van der Waals surface area contributed by atoms with Gasteiger partial charge >= 0.3 is 0 Å². The minimum Gasteiger partial charge on any atom is -0.493 e. The number of nitrogens with zero attached hydrogens (tertiary/aromatic N) is 1. The molecule has 26 heavy (non-hydrogen) atoms. The second kappa shape index (κ2) is 9.44. The van der Waals surface area contributed by atoms with Crippen molar-refractivity contribution < 1.29 is 23.8 Å². The lowest BCUT2D eigenvalue weighted by Gasteiger charge is -2.11. The molecule has 1 heterocycles. The summed E-state index contributed by atoms with van der Waals surface area (Å²) in [5.74, 6) is 0.596. The van der Waals surface area contributed by atoms with E-state index in [0.717, 1.165) is 0 Å². The van der Waals surface area contributed by atoms with E-state index < -0.39 is 5.25 Å². The number of amidine groups is 1. The molecule has 2 amide bonds. The number of nitrogens with one attached hydrogen (secondary N) is 2. The van der Waals surface area contributed by atoms with Gasteiger partial charge in [-0.15, -0.1) is 0 Å². The Morgan fingerprint density at radius 1 is 1.31 bits per heavy atom. The molecule has 1 aliphatic heterocycles. The third kappa shape index (κ3) is 5.37. The molecular formula is C17H23N3O5S. The Bertz CT molecular complexity index is 695. The number of carbonyl (C=O) groups excluding carboxylic acids is 2. The van der Waals surface area contributed by atoms with Gasteiger partial charge in [-0.25, -0.2) is 0 Å². The highest BCUT2D eigenvalue weighted by atomic mass is 32.2. The van der Waals surface area contributed by atoms with Crippen LogP contribution in [0, 0.1) is 0 Å². The molecule has 2 rings (SSSR count). The molecule has 1 fully saturated rings. The smallest absolute Gasteiger partial charge is 0.240 e. The van der Waals surface area contributed by atoms with E-state index in [-0.39, 0.29) is 24.3 Å². The highest BCUT2D eigenvalue weighted by Crippen LogP contribution is 2.30. The van der Waals surface area contributed by atoms with Crippen molar-refractivity contribution in [3.05, 3.63) is 18.2 Å². The summed E-state index contributed by atoms with van der Waals surface area (Å²) < 4.78 is 15.4. The number of ether oxygens (including phenoxy) is 3. The molecule has 2 N–H and O–H groups in total. The quantitative estimate of drug-likeness (QED) is 0.711. The number of thioether (sulfide) groups is 1. The number of hydrogen-bond acceptors (Lipinski definition) is 7. The van der Waals surface area contributed by atoms with Crippen LogP contribution in [0.1, 0.15) is 13.3 Å². The Hall–Kier alpha value is -2.26. The van der Waals surface area contributed by atoms with E-state index >= 15 is 0 Å². The van der Waals surface area contributed by atoms with Crippen LogP contribution >= 0.6 is 11.8 Å².